The minimum atomic E-state index is -0.420. The first-order chi connectivity index (χ1) is 10.7. The van der Waals surface area contributed by atoms with Crippen molar-refractivity contribution in [3.63, 3.8) is 0 Å². The molecule has 0 unspecified atom stereocenters. The van der Waals surface area contributed by atoms with Crippen LogP contribution < -0.4 is 15.7 Å². The minimum Gasteiger partial charge on any atom is -0.497 e. The Labute approximate surface area is 126 Å². The lowest BCUT2D eigenvalue weighted by atomic mass is 10.1. The van der Waals surface area contributed by atoms with Crippen molar-refractivity contribution in [1.29, 1.82) is 0 Å². The molecule has 0 saturated carbocycles. The Morgan fingerprint density at radius 3 is 2.64 bits per heavy atom. The average molecular weight is 299 g/mol. The van der Waals surface area contributed by atoms with Gasteiger partial charge in [0.15, 0.2) is 0 Å². The number of halogens is 1. The summed E-state index contributed by atoms with van der Waals surface area (Å²) in [7, 11) is 1.55. The first-order valence-corrected chi connectivity index (χ1v) is 6.76. The Hall–Kier alpha value is -2.82. The highest BCUT2D eigenvalue weighted by atomic mass is 19.1. The highest BCUT2D eigenvalue weighted by molar-refractivity contribution is 5.81. The molecular formula is C17H14FNO3. The van der Waals surface area contributed by atoms with Crippen molar-refractivity contribution in [3.8, 4) is 5.75 Å². The van der Waals surface area contributed by atoms with Crippen molar-refractivity contribution in [1.82, 2.24) is 0 Å². The number of anilines is 1. The molecule has 0 amide bonds. The van der Waals surface area contributed by atoms with Crippen molar-refractivity contribution in [3.05, 3.63) is 70.3 Å². The molecule has 0 atom stereocenters. The van der Waals surface area contributed by atoms with Crippen LogP contribution in [0.3, 0.4) is 0 Å². The fourth-order valence-electron chi connectivity index (χ4n) is 2.25. The quantitative estimate of drug-likeness (QED) is 0.748. The number of hydrogen-bond donors (Lipinski definition) is 1. The first-order valence-electron chi connectivity index (χ1n) is 6.76. The van der Waals surface area contributed by atoms with Gasteiger partial charge in [0.25, 0.3) is 0 Å². The standard InChI is InChI=1S/C17H14FNO3/c1-21-14-6-7-15-11(8-17(20)22-16(15)9-14)10-19-13-4-2-12(18)3-5-13/h2-9,19H,10H2,1H3. The van der Waals surface area contributed by atoms with Crippen molar-refractivity contribution in [2.45, 2.75) is 6.54 Å². The molecule has 0 radical (unpaired) electrons. The van der Waals surface area contributed by atoms with Crippen molar-refractivity contribution in [2.75, 3.05) is 12.4 Å². The Morgan fingerprint density at radius 1 is 1.14 bits per heavy atom. The van der Waals surface area contributed by atoms with E-state index in [2.05, 4.69) is 5.32 Å². The summed E-state index contributed by atoms with van der Waals surface area (Å²) in [6.07, 6.45) is 0. The molecule has 112 valence electrons. The van der Waals surface area contributed by atoms with Crippen LogP contribution in [-0.4, -0.2) is 7.11 Å². The molecule has 0 saturated heterocycles. The normalized spacial score (nSPS) is 10.6. The largest absolute Gasteiger partial charge is 0.497 e. The maximum atomic E-state index is 12.9. The van der Waals surface area contributed by atoms with Gasteiger partial charge < -0.3 is 14.5 Å². The van der Waals surface area contributed by atoms with Crippen LogP contribution >= 0.6 is 0 Å². The zero-order valence-electron chi connectivity index (χ0n) is 11.9. The number of benzene rings is 2. The lowest BCUT2D eigenvalue weighted by Crippen LogP contribution is -2.05. The average Bonchev–Trinajstić information content (AvgIpc) is 2.53. The van der Waals surface area contributed by atoms with Crippen molar-refractivity contribution >= 4 is 16.7 Å². The van der Waals surface area contributed by atoms with E-state index in [0.29, 0.717) is 17.9 Å². The summed E-state index contributed by atoms with van der Waals surface area (Å²) >= 11 is 0. The van der Waals surface area contributed by atoms with E-state index in [9.17, 15) is 9.18 Å². The Balaban J connectivity index is 1.92. The summed E-state index contributed by atoms with van der Waals surface area (Å²) in [4.78, 5) is 11.7. The highest BCUT2D eigenvalue weighted by Crippen LogP contribution is 2.23. The summed E-state index contributed by atoms with van der Waals surface area (Å²) in [5.41, 5.74) is 1.63. The third kappa shape index (κ3) is 2.93. The van der Waals surface area contributed by atoms with Gasteiger partial charge in [-0.3, -0.25) is 0 Å². The van der Waals surface area contributed by atoms with Crippen LogP contribution in [0.15, 0.2) is 57.7 Å². The molecule has 0 spiro atoms. The second-order valence-corrected chi connectivity index (χ2v) is 4.81. The van der Waals surface area contributed by atoms with E-state index < -0.39 is 5.63 Å². The highest BCUT2D eigenvalue weighted by Gasteiger charge is 2.07. The zero-order valence-corrected chi connectivity index (χ0v) is 11.9. The number of hydrogen-bond acceptors (Lipinski definition) is 4. The maximum Gasteiger partial charge on any atom is 0.336 e. The van der Waals surface area contributed by atoms with E-state index in [1.807, 2.05) is 12.1 Å². The topological polar surface area (TPSA) is 51.5 Å². The predicted molar refractivity (Wildman–Crippen MR) is 82.8 cm³/mol. The molecule has 0 aliphatic carbocycles. The monoisotopic (exact) mass is 299 g/mol. The summed E-state index contributed by atoms with van der Waals surface area (Å²) in [6, 6.07) is 12.8. The van der Waals surface area contributed by atoms with Crippen LogP contribution in [0.1, 0.15) is 5.56 Å². The zero-order chi connectivity index (χ0) is 15.5. The van der Waals surface area contributed by atoms with E-state index in [1.165, 1.54) is 18.2 Å². The van der Waals surface area contributed by atoms with Crippen LogP contribution in [0.5, 0.6) is 5.75 Å². The number of ether oxygens (including phenoxy) is 1. The molecule has 0 fully saturated rings. The summed E-state index contributed by atoms with van der Waals surface area (Å²) in [6.45, 7) is 0.431. The van der Waals surface area contributed by atoms with Crippen molar-refractivity contribution in [2.24, 2.45) is 0 Å². The van der Waals surface area contributed by atoms with Gasteiger partial charge in [-0.05, 0) is 42.0 Å². The predicted octanol–water partition coefficient (Wildman–Crippen LogP) is 3.55. The molecular weight excluding hydrogens is 285 g/mol. The molecule has 0 aliphatic heterocycles. The van der Waals surface area contributed by atoms with E-state index in [1.54, 1.807) is 25.3 Å². The third-order valence-corrected chi connectivity index (χ3v) is 3.36. The maximum absolute atomic E-state index is 12.9. The number of rotatable bonds is 4. The van der Waals surface area contributed by atoms with Crippen LogP contribution in [0.2, 0.25) is 0 Å². The van der Waals surface area contributed by atoms with Gasteiger partial charge in [-0.25, -0.2) is 9.18 Å². The van der Waals surface area contributed by atoms with Gasteiger partial charge in [0, 0.05) is 29.8 Å². The van der Waals surface area contributed by atoms with Crippen molar-refractivity contribution < 1.29 is 13.5 Å². The Bertz CT molecular complexity index is 856. The van der Waals surface area contributed by atoms with E-state index in [4.69, 9.17) is 9.15 Å². The third-order valence-electron chi connectivity index (χ3n) is 3.36. The van der Waals surface area contributed by atoms with Gasteiger partial charge in [-0.15, -0.1) is 0 Å². The Kier molecular flexibility index (Phi) is 3.78. The molecule has 3 rings (SSSR count). The first kappa shape index (κ1) is 14.1. The fraction of sp³-hybridized carbons (Fsp3) is 0.118. The lowest BCUT2D eigenvalue weighted by molar-refractivity contribution is 0.414. The van der Waals surface area contributed by atoms with Gasteiger partial charge in [0.1, 0.15) is 17.1 Å². The van der Waals surface area contributed by atoms with Crippen LogP contribution in [0, 0.1) is 5.82 Å². The SMILES string of the molecule is COc1ccc2c(CNc3ccc(F)cc3)cc(=O)oc2c1. The number of methoxy groups -OCH3 is 1. The Morgan fingerprint density at radius 2 is 1.91 bits per heavy atom. The number of nitrogens with one attached hydrogen (secondary N) is 1. The van der Waals surface area contributed by atoms with Crippen LogP contribution in [0.25, 0.3) is 11.0 Å². The van der Waals surface area contributed by atoms with Crippen LogP contribution in [-0.2, 0) is 6.54 Å². The van der Waals surface area contributed by atoms with Gasteiger partial charge in [0.05, 0.1) is 7.11 Å². The molecule has 0 bridgehead atoms. The second-order valence-electron chi connectivity index (χ2n) is 4.81. The van der Waals surface area contributed by atoms with E-state index in [-0.39, 0.29) is 5.82 Å². The number of fused-ring (bicyclic) bond motifs is 1. The minimum absolute atomic E-state index is 0.288. The molecule has 1 N–H and O–H groups in total. The van der Waals surface area contributed by atoms with Crippen LogP contribution in [0.4, 0.5) is 10.1 Å². The molecule has 2 aromatic carbocycles. The van der Waals surface area contributed by atoms with Gasteiger partial charge in [-0.2, -0.15) is 0 Å². The summed E-state index contributed by atoms with van der Waals surface area (Å²) in [5.74, 6) is 0.336. The molecule has 22 heavy (non-hydrogen) atoms. The molecule has 3 aromatic rings. The fourth-order valence-corrected chi connectivity index (χ4v) is 2.25. The summed E-state index contributed by atoms with van der Waals surface area (Å²) < 4.78 is 23.2. The van der Waals surface area contributed by atoms with Gasteiger partial charge in [-0.1, -0.05) is 0 Å². The lowest BCUT2D eigenvalue weighted by Gasteiger charge is -2.09. The summed E-state index contributed by atoms with van der Waals surface area (Å²) in [5, 5.41) is 3.99. The smallest absolute Gasteiger partial charge is 0.336 e. The second kappa shape index (κ2) is 5.89. The molecule has 5 heteroatoms. The van der Waals surface area contributed by atoms with E-state index >= 15 is 0 Å². The molecule has 1 aromatic heterocycles. The molecule has 4 nitrogen and oxygen atoms in total. The van der Waals surface area contributed by atoms with E-state index in [0.717, 1.165) is 16.6 Å². The molecule has 1 heterocycles. The molecule has 0 aliphatic rings. The van der Waals surface area contributed by atoms with Gasteiger partial charge in [0.2, 0.25) is 0 Å². The van der Waals surface area contributed by atoms with Gasteiger partial charge >= 0.3 is 5.63 Å².